The Labute approximate surface area is 162 Å². The molecule has 0 saturated carbocycles. The first-order chi connectivity index (χ1) is 13.5. The number of amides is 1. The molecule has 0 saturated heterocycles. The summed E-state index contributed by atoms with van der Waals surface area (Å²) < 4.78 is 0. The molecule has 1 amide bonds. The second-order valence-electron chi connectivity index (χ2n) is 7.11. The minimum atomic E-state index is -0.227. The fourth-order valence-electron chi connectivity index (χ4n) is 3.27. The van der Waals surface area contributed by atoms with Gasteiger partial charge < -0.3 is 9.88 Å². The van der Waals surface area contributed by atoms with Crippen molar-refractivity contribution in [3.8, 4) is 11.5 Å². The maximum Gasteiger partial charge on any atom is 0.256 e. The van der Waals surface area contributed by atoms with Gasteiger partial charge in [-0.15, -0.1) is 0 Å². The van der Waals surface area contributed by atoms with Crippen LogP contribution in [0.25, 0.3) is 11.5 Å². The number of H-pyrrole nitrogens is 1. The van der Waals surface area contributed by atoms with Crippen molar-refractivity contribution in [3.63, 3.8) is 0 Å². The predicted molar refractivity (Wildman–Crippen MR) is 105 cm³/mol. The summed E-state index contributed by atoms with van der Waals surface area (Å²) in [6.45, 7) is 4.69. The van der Waals surface area contributed by atoms with Gasteiger partial charge in [0.05, 0.1) is 36.1 Å². The third kappa shape index (κ3) is 3.69. The second-order valence-corrected chi connectivity index (χ2v) is 7.11. The molecule has 2 aromatic heterocycles. The van der Waals surface area contributed by atoms with Gasteiger partial charge in [-0.3, -0.25) is 14.6 Å². The van der Waals surface area contributed by atoms with E-state index in [1.807, 2.05) is 38.1 Å². The molecule has 142 valence electrons. The minimum Gasteiger partial charge on any atom is -0.337 e. The van der Waals surface area contributed by atoms with Crippen LogP contribution in [0.3, 0.4) is 0 Å². The zero-order valence-corrected chi connectivity index (χ0v) is 15.9. The largest absolute Gasteiger partial charge is 0.337 e. The van der Waals surface area contributed by atoms with E-state index in [9.17, 15) is 9.59 Å². The molecule has 0 spiro atoms. The molecule has 0 radical (unpaired) electrons. The average Bonchev–Trinajstić information content (AvgIpc) is 2.70. The predicted octanol–water partition coefficient (Wildman–Crippen LogP) is 1.97. The molecule has 7 heteroatoms. The summed E-state index contributed by atoms with van der Waals surface area (Å²) in [6.07, 6.45) is 4.11. The highest BCUT2D eigenvalue weighted by atomic mass is 16.2. The third-order valence-corrected chi connectivity index (χ3v) is 4.92. The molecule has 0 unspecified atom stereocenters. The first-order valence-corrected chi connectivity index (χ1v) is 9.24. The summed E-state index contributed by atoms with van der Waals surface area (Å²) in [6, 6.07) is 7.93. The van der Waals surface area contributed by atoms with Gasteiger partial charge in [0, 0.05) is 19.2 Å². The van der Waals surface area contributed by atoms with E-state index >= 15 is 0 Å². The first-order valence-electron chi connectivity index (χ1n) is 9.24. The Balaban J connectivity index is 1.53. The van der Waals surface area contributed by atoms with Crippen LogP contribution in [0, 0.1) is 13.8 Å². The van der Waals surface area contributed by atoms with Gasteiger partial charge in [0.1, 0.15) is 5.69 Å². The highest BCUT2D eigenvalue weighted by molar-refractivity contribution is 5.79. The monoisotopic (exact) mass is 375 g/mol. The minimum absolute atomic E-state index is 0.0161. The van der Waals surface area contributed by atoms with Crippen molar-refractivity contribution in [3.05, 3.63) is 75.1 Å². The van der Waals surface area contributed by atoms with E-state index < -0.39 is 0 Å². The van der Waals surface area contributed by atoms with Crippen molar-refractivity contribution < 1.29 is 4.79 Å². The van der Waals surface area contributed by atoms with Crippen molar-refractivity contribution in [2.45, 2.75) is 33.2 Å². The fraction of sp³-hybridized carbons (Fsp3) is 0.286. The highest BCUT2D eigenvalue weighted by Crippen LogP contribution is 2.18. The van der Waals surface area contributed by atoms with E-state index in [-0.39, 0.29) is 18.0 Å². The van der Waals surface area contributed by atoms with Crippen LogP contribution < -0.4 is 5.56 Å². The lowest BCUT2D eigenvalue weighted by molar-refractivity contribution is -0.131. The molecule has 1 aromatic carbocycles. The van der Waals surface area contributed by atoms with Crippen molar-refractivity contribution in [1.82, 2.24) is 24.8 Å². The van der Waals surface area contributed by atoms with Gasteiger partial charge in [0.15, 0.2) is 5.82 Å². The topological polar surface area (TPSA) is 91.8 Å². The third-order valence-electron chi connectivity index (χ3n) is 4.92. The van der Waals surface area contributed by atoms with Crippen molar-refractivity contribution in [2.75, 3.05) is 6.54 Å². The number of hydrogen-bond acceptors (Lipinski definition) is 5. The van der Waals surface area contributed by atoms with Crippen LogP contribution in [-0.2, 0) is 24.2 Å². The van der Waals surface area contributed by atoms with Crippen LogP contribution in [0.5, 0.6) is 0 Å². The molecule has 0 atom stereocenters. The van der Waals surface area contributed by atoms with Crippen LogP contribution in [-0.4, -0.2) is 37.3 Å². The lowest BCUT2D eigenvalue weighted by Crippen LogP contribution is -2.40. The molecule has 3 heterocycles. The number of nitrogens with one attached hydrogen (secondary N) is 1. The molecule has 1 aliphatic heterocycles. The van der Waals surface area contributed by atoms with E-state index in [0.29, 0.717) is 36.5 Å². The molecule has 0 aliphatic carbocycles. The van der Waals surface area contributed by atoms with Crippen LogP contribution >= 0.6 is 0 Å². The fourth-order valence-corrected chi connectivity index (χ4v) is 3.27. The van der Waals surface area contributed by atoms with Crippen LogP contribution in [0.15, 0.2) is 41.5 Å². The van der Waals surface area contributed by atoms with E-state index in [1.54, 1.807) is 17.3 Å². The Morgan fingerprint density at radius 2 is 1.93 bits per heavy atom. The summed E-state index contributed by atoms with van der Waals surface area (Å²) in [4.78, 5) is 42.8. The lowest BCUT2D eigenvalue weighted by Gasteiger charge is -2.28. The molecule has 4 rings (SSSR count). The number of benzene rings is 1. The summed E-state index contributed by atoms with van der Waals surface area (Å²) in [7, 11) is 0. The number of rotatable bonds is 3. The summed E-state index contributed by atoms with van der Waals surface area (Å²) in [5.74, 6) is 0.429. The number of aryl methyl sites for hydroxylation is 2. The molecule has 0 fully saturated rings. The van der Waals surface area contributed by atoms with E-state index in [2.05, 4.69) is 19.9 Å². The normalized spacial score (nSPS) is 13.3. The number of aromatic amines is 1. The number of carbonyl (C=O) groups excluding carboxylic acids is 1. The quantitative estimate of drug-likeness (QED) is 0.756. The van der Waals surface area contributed by atoms with Crippen LogP contribution in [0.1, 0.15) is 28.1 Å². The molecule has 3 aromatic rings. The van der Waals surface area contributed by atoms with E-state index in [1.165, 1.54) is 0 Å². The standard InChI is InChI=1S/C21H21N5O2/c1-13-3-5-15(6-4-13)9-19(27)26-8-7-17-16(12-26)21(28)25-20(24-17)18-11-22-14(2)10-23-18/h3-6,10-11H,7-9,12H2,1-2H3,(H,24,25,28). The number of nitrogens with zero attached hydrogens (tertiary/aromatic N) is 4. The second kappa shape index (κ2) is 7.34. The lowest BCUT2D eigenvalue weighted by atomic mass is 10.0. The summed E-state index contributed by atoms with van der Waals surface area (Å²) in [5.41, 5.74) is 4.51. The van der Waals surface area contributed by atoms with Gasteiger partial charge in [0.25, 0.3) is 5.56 Å². The van der Waals surface area contributed by atoms with Gasteiger partial charge in [-0.2, -0.15) is 0 Å². The molecular weight excluding hydrogens is 354 g/mol. The van der Waals surface area contributed by atoms with Crippen molar-refractivity contribution in [2.24, 2.45) is 0 Å². The average molecular weight is 375 g/mol. The molecular formula is C21H21N5O2. The maximum absolute atomic E-state index is 12.7. The first kappa shape index (κ1) is 18.0. The number of aromatic nitrogens is 4. The van der Waals surface area contributed by atoms with Crippen molar-refractivity contribution >= 4 is 5.91 Å². The summed E-state index contributed by atoms with van der Waals surface area (Å²) >= 11 is 0. The Bertz CT molecular complexity index is 1070. The summed E-state index contributed by atoms with van der Waals surface area (Å²) in [5, 5.41) is 0. The van der Waals surface area contributed by atoms with E-state index in [4.69, 9.17) is 0 Å². The van der Waals surface area contributed by atoms with E-state index in [0.717, 1.165) is 22.5 Å². The molecule has 0 bridgehead atoms. The maximum atomic E-state index is 12.7. The van der Waals surface area contributed by atoms with Gasteiger partial charge >= 0.3 is 0 Å². The Morgan fingerprint density at radius 3 is 2.64 bits per heavy atom. The Kier molecular flexibility index (Phi) is 4.73. The Hall–Kier alpha value is -3.35. The molecule has 28 heavy (non-hydrogen) atoms. The SMILES string of the molecule is Cc1ccc(CC(=O)N2CCc3nc(-c4cnc(C)cn4)[nH]c(=O)c3C2)cc1. The van der Waals surface area contributed by atoms with Crippen LogP contribution in [0.2, 0.25) is 0 Å². The van der Waals surface area contributed by atoms with Gasteiger partial charge in [-0.1, -0.05) is 29.8 Å². The molecule has 1 aliphatic rings. The van der Waals surface area contributed by atoms with Crippen LogP contribution in [0.4, 0.5) is 0 Å². The smallest absolute Gasteiger partial charge is 0.256 e. The number of hydrogen-bond donors (Lipinski definition) is 1. The van der Waals surface area contributed by atoms with Gasteiger partial charge in [-0.05, 0) is 19.4 Å². The van der Waals surface area contributed by atoms with Crippen molar-refractivity contribution in [1.29, 1.82) is 0 Å². The van der Waals surface area contributed by atoms with Gasteiger partial charge in [-0.25, -0.2) is 9.97 Å². The number of carbonyl (C=O) groups is 1. The number of fused-ring (bicyclic) bond motifs is 1. The zero-order chi connectivity index (χ0) is 19.7. The zero-order valence-electron chi connectivity index (χ0n) is 15.9. The molecule has 7 nitrogen and oxygen atoms in total. The molecule has 1 N–H and O–H groups in total. The highest BCUT2D eigenvalue weighted by Gasteiger charge is 2.25. The van der Waals surface area contributed by atoms with Gasteiger partial charge in [0.2, 0.25) is 5.91 Å². The Morgan fingerprint density at radius 1 is 1.14 bits per heavy atom.